The molecule has 0 spiro atoms. The molecule has 1 fully saturated rings. The van der Waals surface area contributed by atoms with Crippen LogP contribution in [0.15, 0.2) is 60.7 Å². The van der Waals surface area contributed by atoms with Crippen LogP contribution in [0.5, 0.6) is 0 Å². The van der Waals surface area contributed by atoms with Crippen LogP contribution >= 0.6 is 7.92 Å². The molecule has 0 N–H and O–H groups in total. The van der Waals surface area contributed by atoms with Crippen molar-refractivity contribution in [2.24, 2.45) is 0 Å². The van der Waals surface area contributed by atoms with E-state index in [1.165, 1.54) is 17.3 Å². The molecule has 1 nitrogen and oxygen atoms in total. The van der Waals surface area contributed by atoms with E-state index in [0.29, 0.717) is 0 Å². The third kappa shape index (κ3) is 2.73. The van der Waals surface area contributed by atoms with Crippen molar-refractivity contribution in [2.75, 3.05) is 6.61 Å². The van der Waals surface area contributed by atoms with E-state index in [9.17, 15) is 0 Å². The van der Waals surface area contributed by atoms with Gasteiger partial charge in [0, 0.05) is 6.61 Å². The smallest absolute Gasteiger partial charge is 0.106 e. The molecule has 2 aromatic rings. The fourth-order valence-corrected chi connectivity index (χ4v) is 5.57. The van der Waals surface area contributed by atoms with Gasteiger partial charge in [0.15, 0.2) is 0 Å². The van der Waals surface area contributed by atoms with E-state index in [4.69, 9.17) is 4.74 Å². The zero-order valence-corrected chi connectivity index (χ0v) is 12.1. The van der Waals surface area contributed by atoms with Crippen LogP contribution in [0, 0.1) is 0 Å². The number of rotatable bonds is 2. The first-order chi connectivity index (χ1) is 9.36. The van der Waals surface area contributed by atoms with Gasteiger partial charge >= 0.3 is 0 Å². The van der Waals surface area contributed by atoms with Gasteiger partial charge in [-0.25, -0.2) is 0 Å². The Morgan fingerprint density at radius 1 is 0.947 bits per heavy atom. The molecule has 19 heavy (non-hydrogen) atoms. The SMILES string of the molecule is C[C@H]1CCO[C@@H](c2ccccc2)[P@]1c1ccccc1. The molecule has 0 aromatic heterocycles. The highest BCUT2D eigenvalue weighted by Crippen LogP contribution is 2.57. The highest BCUT2D eigenvalue weighted by molar-refractivity contribution is 7.66. The van der Waals surface area contributed by atoms with Crippen molar-refractivity contribution >= 4 is 13.2 Å². The molecule has 0 unspecified atom stereocenters. The fraction of sp³-hybridized carbons (Fsp3) is 0.294. The number of hydrogen-bond donors (Lipinski definition) is 0. The predicted molar refractivity (Wildman–Crippen MR) is 82.2 cm³/mol. The normalized spacial score (nSPS) is 27.1. The Morgan fingerprint density at radius 2 is 1.58 bits per heavy atom. The first kappa shape index (κ1) is 12.8. The first-order valence-electron chi connectivity index (χ1n) is 6.86. The highest BCUT2D eigenvalue weighted by atomic mass is 31.1. The predicted octanol–water partition coefficient (Wildman–Crippen LogP) is 4.30. The number of benzene rings is 2. The Balaban J connectivity index is 1.97. The summed E-state index contributed by atoms with van der Waals surface area (Å²) < 4.78 is 6.13. The summed E-state index contributed by atoms with van der Waals surface area (Å²) in [6, 6.07) is 21.6. The minimum Gasteiger partial charge on any atom is -0.369 e. The molecule has 0 bridgehead atoms. The molecule has 2 heteroatoms. The second-order valence-electron chi connectivity index (χ2n) is 5.01. The van der Waals surface area contributed by atoms with E-state index in [0.717, 1.165) is 12.3 Å². The summed E-state index contributed by atoms with van der Waals surface area (Å²) in [6.45, 7) is 3.25. The Morgan fingerprint density at radius 3 is 2.26 bits per heavy atom. The number of hydrogen-bond acceptors (Lipinski definition) is 1. The van der Waals surface area contributed by atoms with Crippen molar-refractivity contribution in [1.82, 2.24) is 0 Å². The van der Waals surface area contributed by atoms with Crippen molar-refractivity contribution in [3.05, 3.63) is 66.2 Å². The highest BCUT2D eigenvalue weighted by Gasteiger charge is 2.33. The monoisotopic (exact) mass is 270 g/mol. The Hall–Kier alpha value is -1.17. The van der Waals surface area contributed by atoms with Gasteiger partial charge in [0.05, 0.1) is 0 Å². The quantitative estimate of drug-likeness (QED) is 0.739. The minimum atomic E-state index is -0.290. The lowest BCUT2D eigenvalue weighted by molar-refractivity contribution is 0.0956. The van der Waals surface area contributed by atoms with E-state index < -0.39 is 0 Å². The number of ether oxygens (including phenoxy) is 1. The van der Waals surface area contributed by atoms with Crippen LogP contribution in [0.2, 0.25) is 0 Å². The third-order valence-corrected chi connectivity index (χ3v) is 6.73. The van der Waals surface area contributed by atoms with Crippen LogP contribution in [-0.2, 0) is 4.74 Å². The van der Waals surface area contributed by atoms with Crippen molar-refractivity contribution in [3.63, 3.8) is 0 Å². The zero-order chi connectivity index (χ0) is 13.1. The molecule has 3 rings (SSSR count). The van der Waals surface area contributed by atoms with Gasteiger partial charge in [-0.3, -0.25) is 0 Å². The maximum Gasteiger partial charge on any atom is 0.106 e. The average molecular weight is 270 g/mol. The van der Waals surface area contributed by atoms with Gasteiger partial charge in [0.2, 0.25) is 0 Å². The van der Waals surface area contributed by atoms with E-state index in [1.807, 2.05) is 0 Å². The summed E-state index contributed by atoms with van der Waals surface area (Å²) in [6.07, 6.45) is 1.17. The maximum atomic E-state index is 6.13. The zero-order valence-electron chi connectivity index (χ0n) is 11.2. The third-order valence-electron chi connectivity index (χ3n) is 3.68. The molecular formula is C17H19OP. The van der Waals surface area contributed by atoms with Crippen molar-refractivity contribution in [2.45, 2.75) is 24.8 Å². The molecule has 2 aromatic carbocycles. The molecule has 0 amide bonds. The van der Waals surface area contributed by atoms with E-state index in [2.05, 4.69) is 67.6 Å². The van der Waals surface area contributed by atoms with Crippen LogP contribution < -0.4 is 5.30 Å². The van der Waals surface area contributed by atoms with Gasteiger partial charge in [-0.1, -0.05) is 67.6 Å². The molecule has 1 saturated heterocycles. The standard InChI is InChI=1S/C17H19OP/c1-14-12-13-18-17(15-8-4-2-5-9-15)19(14)16-10-6-3-7-11-16/h2-11,14,17H,12-13H2,1H3/t14-,17+,19-/m0/s1. The molecule has 1 aliphatic heterocycles. The van der Waals surface area contributed by atoms with Gasteiger partial charge in [-0.15, -0.1) is 0 Å². The van der Waals surface area contributed by atoms with Crippen molar-refractivity contribution in [1.29, 1.82) is 0 Å². The van der Waals surface area contributed by atoms with Crippen molar-refractivity contribution in [3.8, 4) is 0 Å². The van der Waals surface area contributed by atoms with E-state index in [1.54, 1.807) is 0 Å². The van der Waals surface area contributed by atoms with Crippen LogP contribution in [0.1, 0.15) is 24.8 Å². The maximum absolute atomic E-state index is 6.13. The Kier molecular flexibility index (Phi) is 3.96. The Labute approximate surface area is 116 Å². The van der Waals surface area contributed by atoms with Gasteiger partial charge in [0.25, 0.3) is 0 Å². The summed E-state index contributed by atoms with van der Waals surface area (Å²) in [7, 11) is -0.290. The topological polar surface area (TPSA) is 9.23 Å². The summed E-state index contributed by atoms with van der Waals surface area (Å²) in [4.78, 5) is 0. The summed E-state index contributed by atoms with van der Waals surface area (Å²) in [5.41, 5.74) is 2.04. The van der Waals surface area contributed by atoms with Gasteiger partial charge in [-0.05, 0) is 30.9 Å². The molecule has 98 valence electrons. The molecule has 0 radical (unpaired) electrons. The van der Waals surface area contributed by atoms with Crippen LogP contribution in [0.4, 0.5) is 0 Å². The lowest BCUT2D eigenvalue weighted by Crippen LogP contribution is -2.24. The average Bonchev–Trinajstić information content (AvgIpc) is 2.49. The van der Waals surface area contributed by atoms with Crippen LogP contribution in [-0.4, -0.2) is 12.3 Å². The lowest BCUT2D eigenvalue weighted by Gasteiger charge is -2.37. The van der Waals surface area contributed by atoms with Crippen molar-refractivity contribution < 1.29 is 4.74 Å². The summed E-state index contributed by atoms with van der Waals surface area (Å²) in [5.74, 6) is 0.252. The second kappa shape index (κ2) is 5.86. The van der Waals surface area contributed by atoms with Crippen LogP contribution in [0.3, 0.4) is 0 Å². The molecule has 3 atom stereocenters. The summed E-state index contributed by atoms with van der Waals surface area (Å²) >= 11 is 0. The largest absolute Gasteiger partial charge is 0.369 e. The minimum absolute atomic E-state index is 0.252. The molecule has 0 aliphatic carbocycles. The summed E-state index contributed by atoms with van der Waals surface area (Å²) in [5, 5.41) is 1.46. The molecule has 1 heterocycles. The van der Waals surface area contributed by atoms with Gasteiger partial charge in [-0.2, -0.15) is 0 Å². The molecule has 1 aliphatic rings. The lowest BCUT2D eigenvalue weighted by atomic mass is 10.2. The molecular weight excluding hydrogens is 251 g/mol. The fourth-order valence-electron chi connectivity index (χ4n) is 2.67. The first-order valence-corrected chi connectivity index (χ1v) is 8.34. The van der Waals surface area contributed by atoms with Crippen LogP contribution in [0.25, 0.3) is 0 Å². The second-order valence-corrected chi connectivity index (χ2v) is 7.70. The van der Waals surface area contributed by atoms with Gasteiger partial charge in [0.1, 0.15) is 5.85 Å². The Bertz CT molecular complexity index is 511. The van der Waals surface area contributed by atoms with E-state index >= 15 is 0 Å². The molecule has 0 saturated carbocycles. The van der Waals surface area contributed by atoms with E-state index in [-0.39, 0.29) is 13.8 Å². The van der Waals surface area contributed by atoms with Gasteiger partial charge < -0.3 is 4.74 Å².